The predicted octanol–water partition coefficient (Wildman–Crippen LogP) is 2.44. The number of nitrogens with one attached hydrogen (secondary N) is 1. The van der Waals surface area contributed by atoms with Crippen LogP contribution in [0.1, 0.15) is 5.56 Å². The summed E-state index contributed by atoms with van der Waals surface area (Å²) in [5.41, 5.74) is 4.22. The zero-order chi connectivity index (χ0) is 12.8. The van der Waals surface area contributed by atoms with Gasteiger partial charge in [0, 0.05) is 24.5 Å². The summed E-state index contributed by atoms with van der Waals surface area (Å²) in [5, 5.41) is 14.6. The van der Waals surface area contributed by atoms with Gasteiger partial charge in [-0.3, -0.25) is 20.5 Å². The van der Waals surface area contributed by atoms with Gasteiger partial charge >= 0.3 is 0 Å². The first-order valence-electron chi connectivity index (χ1n) is 5.19. The number of rotatable bonds is 4. The van der Waals surface area contributed by atoms with Crippen molar-refractivity contribution < 1.29 is 4.92 Å². The zero-order valence-corrected chi connectivity index (χ0v) is 9.35. The molecular formula is C12H10N4O2. The summed E-state index contributed by atoms with van der Waals surface area (Å²) >= 11 is 0. The molecule has 2 aromatic rings. The highest BCUT2D eigenvalue weighted by Gasteiger charge is 2.04. The highest BCUT2D eigenvalue weighted by Crippen LogP contribution is 2.16. The van der Waals surface area contributed by atoms with Gasteiger partial charge in [0.2, 0.25) is 0 Å². The molecule has 6 heteroatoms. The smallest absolute Gasteiger partial charge is 0.271 e. The topological polar surface area (TPSA) is 80.4 Å². The number of hydrogen-bond donors (Lipinski definition) is 1. The number of anilines is 1. The van der Waals surface area contributed by atoms with Crippen LogP contribution in [0.2, 0.25) is 0 Å². The number of aromatic nitrogens is 1. The minimum Gasteiger partial charge on any atom is -0.278 e. The van der Waals surface area contributed by atoms with Gasteiger partial charge in [-0.1, -0.05) is 6.07 Å². The fourth-order valence-corrected chi connectivity index (χ4v) is 1.32. The van der Waals surface area contributed by atoms with Crippen molar-refractivity contribution in [3.8, 4) is 0 Å². The van der Waals surface area contributed by atoms with Crippen molar-refractivity contribution in [3.63, 3.8) is 0 Å². The van der Waals surface area contributed by atoms with E-state index < -0.39 is 4.92 Å². The third-order valence-corrected chi connectivity index (χ3v) is 2.17. The van der Waals surface area contributed by atoms with Crippen molar-refractivity contribution in [3.05, 3.63) is 64.5 Å². The fourth-order valence-electron chi connectivity index (χ4n) is 1.32. The summed E-state index contributed by atoms with van der Waals surface area (Å²) < 4.78 is 0. The number of nitro benzene ring substituents is 1. The highest BCUT2D eigenvalue weighted by molar-refractivity contribution is 5.79. The maximum Gasteiger partial charge on any atom is 0.271 e. The number of benzene rings is 1. The molecule has 0 saturated carbocycles. The fraction of sp³-hybridized carbons (Fsp3) is 0. The molecule has 0 radical (unpaired) electrons. The number of hydrogen-bond acceptors (Lipinski definition) is 5. The van der Waals surface area contributed by atoms with Crippen LogP contribution in [0.3, 0.4) is 0 Å². The Morgan fingerprint density at radius 3 is 2.78 bits per heavy atom. The van der Waals surface area contributed by atoms with Crippen molar-refractivity contribution in [1.29, 1.82) is 0 Å². The van der Waals surface area contributed by atoms with Crippen LogP contribution in [0.15, 0.2) is 53.9 Å². The molecule has 2 rings (SSSR count). The Balaban J connectivity index is 2.04. The van der Waals surface area contributed by atoms with Crippen LogP contribution in [-0.2, 0) is 0 Å². The van der Waals surface area contributed by atoms with Gasteiger partial charge in [-0.2, -0.15) is 5.10 Å². The van der Waals surface area contributed by atoms with E-state index in [0.29, 0.717) is 5.69 Å². The maximum absolute atomic E-state index is 10.6. The van der Waals surface area contributed by atoms with Gasteiger partial charge in [0.05, 0.1) is 16.8 Å². The normalized spacial score (nSPS) is 10.4. The minimum absolute atomic E-state index is 0.0270. The Labute approximate surface area is 103 Å². The van der Waals surface area contributed by atoms with Gasteiger partial charge in [0.1, 0.15) is 0 Å². The number of pyridine rings is 1. The Bertz CT molecular complexity index is 569. The molecular weight excluding hydrogens is 232 g/mol. The molecule has 0 fully saturated rings. The van der Waals surface area contributed by atoms with Gasteiger partial charge in [-0.15, -0.1) is 0 Å². The minimum atomic E-state index is -0.447. The molecule has 0 atom stereocenters. The molecule has 0 unspecified atom stereocenters. The summed E-state index contributed by atoms with van der Waals surface area (Å²) in [4.78, 5) is 14.0. The summed E-state index contributed by atoms with van der Waals surface area (Å²) in [5.74, 6) is 0. The lowest BCUT2D eigenvalue weighted by Crippen LogP contribution is -1.93. The van der Waals surface area contributed by atoms with E-state index in [1.807, 2.05) is 0 Å². The average Bonchev–Trinajstić information content (AvgIpc) is 2.40. The number of nitro groups is 1. The molecule has 6 nitrogen and oxygen atoms in total. The molecule has 1 aromatic carbocycles. The molecule has 0 aliphatic carbocycles. The lowest BCUT2D eigenvalue weighted by Gasteiger charge is -1.99. The lowest BCUT2D eigenvalue weighted by atomic mass is 10.3. The van der Waals surface area contributed by atoms with Crippen molar-refractivity contribution in [2.24, 2.45) is 5.10 Å². The summed E-state index contributed by atoms with van der Waals surface area (Å²) in [6, 6.07) is 9.76. The van der Waals surface area contributed by atoms with Gasteiger partial charge < -0.3 is 0 Å². The lowest BCUT2D eigenvalue weighted by molar-refractivity contribution is -0.384. The van der Waals surface area contributed by atoms with Crippen molar-refractivity contribution >= 4 is 17.6 Å². The molecule has 1 heterocycles. The molecule has 18 heavy (non-hydrogen) atoms. The van der Waals surface area contributed by atoms with Crippen LogP contribution in [0.25, 0.3) is 0 Å². The van der Waals surface area contributed by atoms with E-state index in [1.165, 1.54) is 12.1 Å². The second-order valence-corrected chi connectivity index (χ2v) is 3.46. The second kappa shape index (κ2) is 5.53. The number of nitrogens with zero attached hydrogens (tertiary/aromatic N) is 3. The van der Waals surface area contributed by atoms with Gasteiger partial charge in [-0.05, 0) is 23.8 Å². The van der Waals surface area contributed by atoms with Crippen molar-refractivity contribution in [1.82, 2.24) is 4.98 Å². The quantitative estimate of drug-likeness (QED) is 0.507. The Hall–Kier alpha value is -2.76. The average molecular weight is 242 g/mol. The van der Waals surface area contributed by atoms with E-state index in [9.17, 15) is 10.1 Å². The van der Waals surface area contributed by atoms with Crippen LogP contribution < -0.4 is 5.43 Å². The van der Waals surface area contributed by atoms with Crippen LogP contribution in [0, 0.1) is 10.1 Å². The second-order valence-electron chi connectivity index (χ2n) is 3.46. The third-order valence-electron chi connectivity index (χ3n) is 2.17. The van der Waals surface area contributed by atoms with Crippen LogP contribution in [0.5, 0.6) is 0 Å². The molecule has 0 amide bonds. The predicted molar refractivity (Wildman–Crippen MR) is 68.6 cm³/mol. The van der Waals surface area contributed by atoms with E-state index in [1.54, 1.807) is 42.9 Å². The Morgan fingerprint density at radius 1 is 1.28 bits per heavy atom. The maximum atomic E-state index is 10.6. The summed E-state index contributed by atoms with van der Waals surface area (Å²) in [6.07, 6.45) is 4.93. The summed E-state index contributed by atoms with van der Waals surface area (Å²) in [7, 11) is 0. The van der Waals surface area contributed by atoms with Crippen LogP contribution in [-0.4, -0.2) is 16.1 Å². The standard InChI is InChI=1S/C12H10N4O2/c17-16(18)12-3-1-2-11(8-12)15-14-9-10-4-6-13-7-5-10/h1-9,15H/b14-9+. The molecule has 1 N–H and O–H groups in total. The first-order valence-corrected chi connectivity index (χ1v) is 5.19. The van der Waals surface area contributed by atoms with E-state index in [-0.39, 0.29) is 5.69 Å². The SMILES string of the molecule is O=[N+]([O-])c1cccc(N/N=C/c2ccncc2)c1. The highest BCUT2D eigenvalue weighted by atomic mass is 16.6. The van der Waals surface area contributed by atoms with Crippen LogP contribution in [0.4, 0.5) is 11.4 Å². The van der Waals surface area contributed by atoms with E-state index in [0.717, 1.165) is 5.56 Å². The van der Waals surface area contributed by atoms with Crippen LogP contribution >= 0.6 is 0 Å². The molecule has 0 aliphatic rings. The number of non-ortho nitro benzene ring substituents is 1. The molecule has 0 spiro atoms. The summed E-state index contributed by atoms with van der Waals surface area (Å²) in [6.45, 7) is 0. The molecule has 90 valence electrons. The third kappa shape index (κ3) is 3.11. The largest absolute Gasteiger partial charge is 0.278 e. The zero-order valence-electron chi connectivity index (χ0n) is 9.35. The van der Waals surface area contributed by atoms with Crippen molar-refractivity contribution in [2.75, 3.05) is 5.43 Å². The Kier molecular flexibility index (Phi) is 3.60. The monoisotopic (exact) mass is 242 g/mol. The van der Waals surface area contributed by atoms with E-state index in [4.69, 9.17) is 0 Å². The van der Waals surface area contributed by atoms with Crippen molar-refractivity contribution in [2.45, 2.75) is 0 Å². The first-order chi connectivity index (χ1) is 8.75. The molecule has 1 aromatic heterocycles. The Morgan fingerprint density at radius 2 is 2.06 bits per heavy atom. The number of hydrazone groups is 1. The van der Waals surface area contributed by atoms with Gasteiger partial charge in [-0.25, -0.2) is 0 Å². The van der Waals surface area contributed by atoms with Gasteiger partial charge in [0.25, 0.3) is 5.69 Å². The molecule has 0 aliphatic heterocycles. The van der Waals surface area contributed by atoms with E-state index >= 15 is 0 Å². The first kappa shape index (κ1) is 11.7. The molecule has 0 saturated heterocycles. The van der Waals surface area contributed by atoms with Gasteiger partial charge in [0.15, 0.2) is 0 Å². The van der Waals surface area contributed by atoms with E-state index in [2.05, 4.69) is 15.5 Å². The molecule has 0 bridgehead atoms.